The molecule has 1 rings (SSSR count). The van der Waals surface area contributed by atoms with Crippen molar-refractivity contribution < 1.29 is 9.13 Å². The maximum atomic E-state index is 13.1. The van der Waals surface area contributed by atoms with Crippen molar-refractivity contribution in [1.29, 1.82) is 0 Å². The van der Waals surface area contributed by atoms with Gasteiger partial charge in [-0.05, 0) is 31.0 Å². The van der Waals surface area contributed by atoms with E-state index in [0.29, 0.717) is 13.0 Å². The fourth-order valence-electron chi connectivity index (χ4n) is 1.48. The number of hydrogen-bond donors (Lipinski definition) is 0. The highest BCUT2D eigenvalue weighted by atomic mass is 19.1. The minimum Gasteiger partial charge on any atom is -0.494 e. The van der Waals surface area contributed by atoms with E-state index >= 15 is 0 Å². The topological polar surface area (TPSA) is 9.23 Å². The monoisotopic (exact) mass is 206 g/mol. The summed E-state index contributed by atoms with van der Waals surface area (Å²) in [6.45, 7) is 4.44. The average Bonchev–Trinajstić information content (AvgIpc) is 2.21. The lowest BCUT2D eigenvalue weighted by molar-refractivity contribution is 0.334. The van der Waals surface area contributed by atoms with E-state index in [0.717, 1.165) is 11.3 Å². The molecule has 1 atom stereocenters. The lowest BCUT2D eigenvalue weighted by atomic mass is 9.97. The Morgan fingerprint density at radius 1 is 1.53 bits per heavy atom. The molecule has 80 valence electrons. The Hall–Kier alpha value is -1.49. The zero-order valence-corrected chi connectivity index (χ0v) is 9.09. The third-order valence-corrected chi connectivity index (χ3v) is 2.23. The molecule has 0 saturated carbocycles. The first-order chi connectivity index (χ1) is 7.19. The van der Waals surface area contributed by atoms with Crippen LogP contribution in [0.1, 0.15) is 31.7 Å². The zero-order valence-electron chi connectivity index (χ0n) is 9.09. The highest BCUT2D eigenvalue weighted by molar-refractivity contribution is 5.37. The molecule has 2 heteroatoms. The molecule has 0 N–H and O–H groups in total. The van der Waals surface area contributed by atoms with Gasteiger partial charge in [0.05, 0.1) is 6.61 Å². The molecule has 15 heavy (non-hydrogen) atoms. The van der Waals surface area contributed by atoms with Crippen LogP contribution in [0.3, 0.4) is 0 Å². The van der Waals surface area contributed by atoms with Crippen molar-refractivity contribution in [2.75, 3.05) is 6.61 Å². The average molecular weight is 206 g/mol. The Balaban J connectivity index is 3.01. The van der Waals surface area contributed by atoms with Crippen molar-refractivity contribution in [3.05, 3.63) is 29.6 Å². The van der Waals surface area contributed by atoms with Crippen LogP contribution in [0.25, 0.3) is 0 Å². The SMILES string of the molecule is C#CCC(C)c1cc(F)ccc1OCC. The van der Waals surface area contributed by atoms with Crippen LogP contribution >= 0.6 is 0 Å². The third kappa shape index (κ3) is 2.99. The highest BCUT2D eigenvalue weighted by Gasteiger charge is 2.11. The van der Waals surface area contributed by atoms with Gasteiger partial charge in [0.15, 0.2) is 0 Å². The van der Waals surface area contributed by atoms with Crippen LogP contribution in [-0.2, 0) is 0 Å². The first kappa shape index (κ1) is 11.6. The summed E-state index contributed by atoms with van der Waals surface area (Å²) in [5.41, 5.74) is 0.842. The molecular weight excluding hydrogens is 191 g/mol. The Labute approximate surface area is 90.3 Å². The number of ether oxygens (including phenoxy) is 1. The van der Waals surface area contributed by atoms with Gasteiger partial charge in [0.25, 0.3) is 0 Å². The molecule has 1 nitrogen and oxygen atoms in total. The Morgan fingerprint density at radius 2 is 2.27 bits per heavy atom. The number of benzene rings is 1. The molecule has 0 heterocycles. The van der Waals surface area contributed by atoms with Gasteiger partial charge in [-0.25, -0.2) is 4.39 Å². The van der Waals surface area contributed by atoms with E-state index in [-0.39, 0.29) is 11.7 Å². The summed E-state index contributed by atoms with van der Waals surface area (Å²) in [4.78, 5) is 0. The second-order valence-electron chi connectivity index (χ2n) is 3.42. The molecule has 0 bridgehead atoms. The van der Waals surface area contributed by atoms with Gasteiger partial charge in [-0.1, -0.05) is 6.92 Å². The molecule has 0 aliphatic rings. The third-order valence-electron chi connectivity index (χ3n) is 2.23. The van der Waals surface area contributed by atoms with Crippen LogP contribution in [0.5, 0.6) is 5.75 Å². The van der Waals surface area contributed by atoms with Crippen molar-refractivity contribution in [3.63, 3.8) is 0 Å². The van der Waals surface area contributed by atoms with Crippen molar-refractivity contribution in [1.82, 2.24) is 0 Å². The van der Waals surface area contributed by atoms with Gasteiger partial charge < -0.3 is 4.74 Å². The highest BCUT2D eigenvalue weighted by Crippen LogP contribution is 2.29. The predicted molar refractivity (Wildman–Crippen MR) is 59.4 cm³/mol. The van der Waals surface area contributed by atoms with E-state index in [9.17, 15) is 4.39 Å². The van der Waals surface area contributed by atoms with Gasteiger partial charge >= 0.3 is 0 Å². The second kappa shape index (κ2) is 5.41. The Kier molecular flexibility index (Phi) is 4.17. The summed E-state index contributed by atoms with van der Waals surface area (Å²) >= 11 is 0. The molecule has 1 aromatic rings. The second-order valence-corrected chi connectivity index (χ2v) is 3.42. The van der Waals surface area contributed by atoms with Gasteiger partial charge in [0.1, 0.15) is 11.6 Å². The molecule has 0 fully saturated rings. The van der Waals surface area contributed by atoms with Crippen molar-refractivity contribution in [3.8, 4) is 18.1 Å². The van der Waals surface area contributed by atoms with Gasteiger partial charge in [0.2, 0.25) is 0 Å². The van der Waals surface area contributed by atoms with Gasteiger partial charge in [-0.3, -0.25) is 0 Å². The fraction of sp³-hybridized carbons (Fsp3) is 0.385. The first-order valence-corrected chi connectivity index (χ1v) is 5.04. The fourth-order valence-corrected chi connectivity index (χ4v) is 1.48. The molecule has 0 radical (unpaired) electrons. The number of terminal acetylenes is 1. The van der Waals surface area contributed by atoms with E-state index in [4.69, 9.17) is 11.2 Å². The summed E-state index contributed by atoms with van der Waals surface area (Å²) in [6.07, 6.45) is 5.83. The summed E-state index contributed by atoms with van der Waals surface area (Å²) in [5.74, 6) is 3.17. The van der Waals surface area contributed by atoms with Crippen LogP contribution in [0, 0.1) is 18.2 Å². The minimum absolute atomic E-state index is 0.118. The normalized spacial score (nSPS) is 11.9. The van der Waals surface area contributed by atoms with Gasteiger partial charge in [-0.15, -0.1) is 12.3 Å². The van der Waals surface area contributed by atoms with Gasteiger partial charge in [-0.2, -0.15) is 0 Å². The molecule has 0 amide bonds. The molecule has 0 aliphatic heterocycles. The van der Waals surface area contributed by atoms with Crippen molar-refractivity contribution in [2.24, 2.45) is 0 Å². The largest absolute Gasteiger partial charge is 0.494 e. The van der Waals surface area contributed by atoms with E-state index in [2.05, 4.69) is 5.92 Å². The first-order valence-electron chi connectivity index (χ1n) is 5.04. The maximum Gasteiger partial charge on any atom is 0.123 e. The van der Waals surface area contributed by atoms with Crippen LogP contribution in [0.15, 0.2) is 18.2 Å². The lowest BCUT2D eigenvalue weighted by Crippen LogP contribution is -2.00. The molecule has 0 aromatic heterocycles. The van der Waals surface area contributed by atoms with Crippen LogP contribution in [0.4, 0.5) is 4.39 Å². The predicted octanol–water partition coefficient (Wildman–Crippen LogP) is 3.35. The van der Waals surface area contributed by atoms with Crippen LogP contribution < -0.4 is 4.74 Å². The summed E-state index contributed by atoms with van der Waals surface area (Å²) in [7, 11) is 0. The van der Waals surface area contributed by atoms with Crippen molar-refractivity contribution in [2.45, 2.75) is 26.2 Å². The molecular formula is C13H15FO. The molecule has 0 spiro atoms. The summed E-state index contributed by atoms with van der Waals surface area (Å²) < 4.78 is 18.5. The van der Waals surface area contributed by atoms with E-state index in [1.807, 2.05) is 13.8 Å². The minimum atomic E-state index is -0.252. The number of rotatable bonds is 4. The Bertz CT molecular complexity index is 365. The van der Waals surface area contributed by atoms with E-state index in [1.165, 1.54) is 12.1 Å². The molecule has 1 aromatic carbocycles. The summed E-state index contributed by atoms with van der Waals surface area (Å²) in [6, 6.07) is 4.55. The maximum absolute atomic E-state index is 13.1. The molecule has 0 aliphatic carbocycles. The van der Waals surface area contributed by atoms with Crippen LogP contribution in [-0.4, -0.2) is 6.61 Å². The number of halogens is 1. The molecule has 0 saturated heterocycles. The lowest BCUT2D eigenvalue weighted by Gasteiger charge is -2.14. The Morgan fingerprint density at radius 3 is 2.87 bits per heavy atom. The van der Waals surface area contributed by atoms with Crippen LogP contribution in [0.2, 0.25) is 0 Å². The quantitative estimate of drug-likeness (QED) is 0.686. The molecule has 1 unspecified atom stereocenters. The van der Waals surface area contributed by atoms with Gasteiger partial charge in [0, 0.05) is 12.0 Å². The standard InChI is InChI=1S/C13H15FO/c1-4-6-10(3)12-9-11(14)7-8-13(12)15-5-2/h1,7-10H,5-6H2,2-3H3. The summed E-state index contributed by atoms with van der Waals surface area (Å²) in [5, 5.41) is 0. The number of hydrogen-bond acceptors (Lipinski definition) is 1. The van der Waals surface area contributed by atoms with E-state index < -0.39 is 0 Å². The zero-order chi connectivity index (χ0) is 11.3. The van der Waals surface area contributed by atoms with E-state index in [1.54, 1.807) is 6.07 Å². The van der Waals surface area contributed by atoms with Crippen molar-refractivity contribution >= 4 is 0 Å². The smallest absolute Gasteiger partial charge is 0.123 e.